The second-order valence-electron chi connectivity index (χ2n) is 2.37. The number of thiophene rings is 2. The summed E-state index contributed by atoms with van der Waals surface area (Å²) in [7, 11) is 10.9. The van der Waals surface area contributed by atoms with Crippen LogP contribution in [0.1, 0.15) is 11.1 Å². The van der Waals surface area contributed by atoms with Crippen molar-refractivity contribution in [2.45, 2.75) is 0 Å². The molecular weight excluding hydrogens is 182 g/mol. The molecule has 0 saturated heterocycles. The fourth-order valence-electron chi connectivity index (χ4n) is 1.09. The zero-order chi connectivity index (χ0) is 8.55. The maximum absolute atomic E-state index is 5.46. The van der Waals surface area contributed by atoms with Crippen LogP contribution in [0.2, 0.25) is 0 Å². The summed E-state index contributed by atoms with van der Waals surface area (Å²) in [5, 5.41) is 4.10. The molecule has 0 nitrogen and oxygen atoms in total. The van der Waals surface area contributed by atoms with Gasteiger partial charge in [-0.2, -0.15) is 0 Å². The van der Waals surface area contributed by atoms with E-state index in [-0.39, 0.29) is 0 Å². The Hall–Kier alpha value is -0.470. The van der Waals surface area contributed by atoms with Crippen molar-refractivity contribution in [2.24, 2.45) is 0 Å². The average molecular weight is 186 g/mol. The monoisotopic (exact) mass is 186 g/mol. The van der Waals surface area contributed by atoms with Crippen LogP contribution in [0.3, 0.4) is 0 Å². The molecule has 0 bridgehead atoms. The van der Waals surface area contributed by atoms with Gasteiger partial charge in [0.25, 0.3) is 0 Å². The molecule has 0 spiro atoms. The van der Waals surface area contributed by atoms with Gasteiger partial charge in [-0.1, -0.05) is 0 Å². The van der Waals surface area contributed by atoms with Crippen LogP contribution in [0.4, 0.5) is 0 Å². The number of fused-ring (bicyclic) bond motifs is 1. The molecule has 0 aliphatic rings. The van der Waals surface area contributed by atoms with E-state index in [1.54, 1.807) is 34.6 Å². The number of hydrogen-bond donors (Lipinski definition) is 0. The van der Waals surface area contributed by atoms with Gasteiger partial charge in [-0.15, -0.1) is 0 Å². The third-order valence-electron chi connectivity index (χ3n) is 1.70. The fraction of sp³-hybridized carbons (Fsp3) is 0. The molecule has 2 aromatic heterocycles. The minimum absolute atomic E-state index is 1.10. The van der Waals surface area contributed by atoms with E-state index in [2.05, 4.69) is 0 Å². The van der Waals surface area contributed by atoms with Crippen molar-refractivity contribution in [3.8, 4) is 0 Å². The van der Waals surface area contributed by atoms with Crippen molar-refractivity contribution in [3.63, 3.8) is 0 Å². The van der Waals surface area contributed by atoms with Gasteiger partial charge in [0.15, 0.2) is 0 Å². The zero-order valence-corrected chi connectivity index (χ0v) is 7.91. The number of hydrogen-bond acceptors (Lipinski definition) is 2. The first-order chi connectivity index (χ1) is 5.86. The van der Waals surface area contributed by atoms with Crippen LogP contribution in [-0.4, -0.2) is 26.9 Å². The molecule has 2 heterocycles. The minimum atomic E-state index is 1.10. The molecule has 2 rings (SSSR count). The molecule has 54 valence electrons. The van der Waals surface area contributed by atoms with Gasteiger partial charge in [-0.05, 0) is 0 Å². The molecular formula is C8H4B2S2. The molecule has 0 aliphatic carbocycles. The van der Waals surface area contributed by atoms with E-state index in [9.17, 15) is 0 Å². The summed E-state index contributed by atoms with van der Waals surface area (Å²) in [4.78, 5) is 0. The average Bonchev–Trinajstić information content (AvgIpc) is 2.62. The first-order valence-electron chi connectivity index (χ1n) is 3.45. The van der Waals surface area contributed by atoms with Crippen LogP contribution in [0, 0.1) is 0 Å². The van der Waals surface area contributed by atoms with Crippen molar-refractivity contribution < 1.29 is 0 Å². The summed E-state index contributed by atoms with van der Waals surface area (Å²) in [5.74, 6) is 3.27. The van der Waals surface area contributed by atoms with Gasteiger partial charge in [-0.3, -0.25) is 0 Å². The molecule has 0 aromatic carbocycles. The predicted molar refractivity (Wildman–Crippen MR) is 61.5 cm³/mol. The third-order valence-corrected chi connectivity index (χ3v) is 3.92. The van der Waals surface area contributed by atoms with Crippen LogP contribution in [0.5, 0.6) is 0 Å². The molecule has 0 atom stereocenters. The van der Waals surface area contributed by atoms with Gasteiger partial charge in [-0.25, -0.2) is 0 Å². The molecule has 2 radical (unpaired) electrons. The maximum atomic E-state index is 5.46. The first-order valence-corrected chi connectivity index (χ1v) is 5.21. The quantitative estimate of drug-likeness (QED) is 0.624. The van der Waals surface area contributed by atoms with Crippen molar-refractivity contribution in [1.29, 1.82) is 0 Å². The van der Waals surface area contributed by atoms with Crippen molar-refractivity contribution in [2.75, 3.05) is 0 Å². The molecule has 0 saturated carbocycles. The second kappa shape index (κ2) is 3.11. The molecule has 0 aliphatic heterocycles. The summed E-state index contributed by atoms with van der Waals surface area (Å²) in [6.07, 6.45) is 0. The van der Waals surface area contributed by atoms with E-state index >= 15 is 0 Å². The summed E-state index contributed by atoms with van der Waals surface area (Å²) >= 11 is 3.37. The van der Waals surface area contributed by atoms with Gasteiger partial charge in [0.1, 0.15) is 0 Å². The fourth-order valence-corrected chi connectivity index (χ4v) is 3.38. The SMILES string of the molecule is [B]=Cc1csc2c(C=[B])csc12. The summed E-state index contributed by atoms with van der Waals surface area (Å²) in [6.45, 7) is 0. The van der Waals surface area contributed by atoms with Crippen molar-refractivity contribution in [3.05, 3.63) is 21.9 Å². The standard InChI is InChI=1S/C8H4B2S2/c9-1-5-3-11-8-6(2-10)4-12-7(5)8/h1-4H. The normalized spacial score (nSPS) is 10.2. The van der Waals surface area contributed by atoms with Crippen molar-refractivity contribution in [1.82, 2.24) is 0 Å². The second-order valence-corrected chi connectivity index (χ2v) is 4.13. The molecule has 0 N–H and O–H groups in total. The van der Waals surface area contributed by atoms with E-state index in [4.69, 9.17) is 15.0 Å². The summed E-state index contributed by atoms with van der Waals surface area (Å²) < 4.78 is 2.47. The molecule has 4 heteroatoms. The molecule has 2 aromatic rings. The first kappa shape index (κ1) is 8.14. The summed E-state index contributed by atoms with van der Waals surface area (Å²) in [6, 6.07) is 0. The summed E-state index contributed by atoms with van der Waals surface area (Å²) in [5.41, 5.74) is 2.21. The Morgan fingerprint density at radius 3 is 1.67 bits per heavy atom. The van der Waals surface area contributed by atoms with E-state index in [1.807, 2.05) is 10.8 Å². The Bertz CT molecular complexity index is 397. The van der Waals surface area contributed by atoms with Gasteiger partial charge in [0.05, 0.1) is 0 Å². The van der Waals surface area contributed by atoms with E-state index < -0.39 is 0 Å². The molecule has 0 fully saturated rings. The Morgan fingerprint density at radius 2 is 1.33 bits per heavy atom. The van der Waals surface area contributed by atoms with E-state index in [1.165, 1.54) is 9.40 Å². The Balaban J connectivity index is 2.81. The Labute approximate surface area is 81.0 Å². The third kappa shape index (κ3) is 1.06. The number of rotatable bonds is 2. The van der Waals surface area contributed by atoms with Crippen molar-refractivity contribution >= 4 is 59.0 Å². The van der Waals surface area contributed by atoms with Crippen LogP contribution in [0.15, 0.2) is 10.8 Å². The molecule has 0 amide bonds. The van der Waals surface area contributed by atoms with E-state index in [0.29, 0.717) is 0 Å². The van der Waals surface area contributed by atoms with E-state index in [0.717, 1.165) is 11.1 Å². The topological polar surface area (TPSA) is 0 Å². The molecule has 0 unspecified atom stereocenters. The Morgan fingerprint density at radius 1 is 0.917 bits per heavy atom. The van der Waals surface area contributed by atoms with Gasteiger partial charge < -0.3 is 0 Å². The van der Waals surface area contributed by atoms with Gasteiger partial charge in [0.2, 0.25) is 0 Å². The predicted octanol–water partition coefficient (Wildman–Crippen LogP) is 1.60. The molecule has 12 heavy (non-hydrogen) atoms. The van der Waals surface area contributed by atoms with Gasteiger partial charge in [0, 0.05) is 0 Å². The van der Waals surface area contributed by atoms with Crippen LogP contribution < -0.4 is 0 Å². The van der Waals surface area contributed by atoms with Crippen LogP contribution in [0.25, 0.3) is 9.40 Å². The Kier molecular flexibility index (Phi) is 2.11. The van der Waals surface area contributed by atoms with Crippen LogP contribution >= 0.6 is 22.7 Å². The van der Waals surface area contributed by atoms with Crippen LogP contribution in [-0.2, 0) is 0 Å². The zero-order valence-electron chi connectivity index (χ0n) is 6.28. The van der Waals surface area contributed by atoms with Gasteiger partial charge >= 0.3 is 80.9 Å².